The number of ether oxygens (including phenoxy) is 3. The lowest BCUT2D eigenvalue weighted by atomic mass is 10.0. The topological polar surface area (TPSA) is 94.2 Å². The Morgan fingerprint density at radius 3 is 2.32 bits per heavy atom. The zero-order valence-electron chi connectivity index (χ0n) is 22.9. The Hall–Kier alpha value is -3.61. The quantitative estimate of drug-likeness (QED) is 0.176. The molecular formula is C28H31BrF4N2O6. The zero-order valence-corrected chi connectivity index (χ0v) is 24.5. The van der Waals surface area contributed by atoms with Crippen molar-refractivity contribution in [2.24, 2.45) is 0 Å². The Labute approximate surface area is 243 Å². The van der Waals surface area contributed by atoms with Crippen molar-refractivity contribution in [2.75, 3.05) is 18.6 Å². The van der Waals surface area contributed by atoms with Crippen molar-refractivity contribution in [2.45, 2.75) is 58.0 Å². The van der Waals surface area contributed by atoms with E-state index in [4.69, 9.17) is 9.47 Å². The van der Waals surface area contributed by atoms with Crippen LogP contribution in [-0.4, -0.2) is 49.4 Å². The third-order valence-corrected chi connectivity index (χ3v) is 6.09. The lowest BCUT2D eigenvalue weighted by Gasteiger charge is -2.28. The standard InChI is InChI=1S/C28H31BrF4N2O6/c1-6-10-18(34-26(38)41-27(2,3)4)13-19-20(29)14-21(40-16-17-11-8-7-9-12-17)24(23(19)30)35(15-22(36)39-5)25(37)28(31,32)33/h6-9,11-12,14,18H,1,10,13,15-16H2,2-5H3,(H,34,38)/t18-/m1/s1. The van der Waals surface area contributed by atoms with Crippen LogP contribution in [-0.2, 0) is 32.1 Å². The molecule has 2 aromatic rings. The van der Waals surface area contributed by atoms with E-state index in [1.165, 1.54) is 12.1 Å². The van der Waals surface area contributed by atoms with Crippen molar-refractivity contribution in [3.05, 3.63) is 70.5 Å². The molecule has 0 aliphatic heterocycles. The highest BCUT2D eigenvalue weighted by Gasteiger charge is 2.46. The number of carbonyl (C=O) groups excluding carboxylic acids is 3. The highest BCUT2D eigenvalue weighted by Crippen LogP contribution is 2.40. The predicted molar refractivity (Wildman–Crippen MR) is 147 cm³/mol. The summed E-state index contributed by atoms with van der Waals surface area (Å²) in [6, 6.07) is 8.89. The first-order chi connectivity index (χ1) is 19.1. The largest absolute Gasteiger partial charge is 0.487 e. The van der Waals surface area contributed by atoms with E-state index in [2.05, 4.69) is 32.6 Å². The van der Waals surface area contributed by atoms with Crippen molar-refractivity contribution < 1.29 is 46.2 Å². The number of alkyl halides is 3. The molecule has 8 nitrogen and oxygen atoms in total. The summed E-state index contributed by atoms with van der Waals surface area (Å²) < 4.78 is 72.7. The normalized spacial score (nSPS) is 12.2. The van der Waals surface area contributed by atoms with Crippen LogP contribution in [0.15, 0.2) is 53.5 Å². The average molecular weight is 647 g/mol. The number of anilines is 1. The zero-order chi connectivity index (χ0) is 31.0. The molecule has 0 heterocycles. The third kappa shape index (κ3) is 10.1. The van der Waals surface area contributed by atoms with Gasteiger partial charge in [0.1, 0.15) is 30.2 Å². The number of alkyl carbamates (subject to hydrolysis) is 1. The first-order valence-electron chi connectivity index (χ1n) is 12.3. The summed E-state index contributed by atoms with van der Waals surface area (Å²) in [5, 5.41) is 2.59. The van der Waals surface area contributed by atoms with Gasteiger partial charge >= 0.3 is 24.1 Å². The molecule has 41 heavy (non-hydrogen) atoms. The molecule has 0 saturated heterocycles. The third-order valence-electron chi connectivity index (χ3n) is 5.38. The van der Waals surface area contributed by atoms with Gasteiger partial charge in [0.25, 0.3) is 0 Å². The molecule has 0 aromatic heterocycles. The van der Waals surface area contributed by atoms with Gasteiger partial charge in [-0.1, -0.05) is 52.3 Å². The summed E-state index contributed by atoms with van der Waals surface area (Å²) in [5.74, 6) is -5.45. The number of nitrogens with one attached hydrogen (secondary N) is 1. The maximum absolute atomic E-state index is 16.3. The number of hydrogen-bond acceptors (Lipinski definition) is 6. The maximum atomic E-state index is 16.3. The van der Waals surface area contributed by atoms with E-state index in [-0.39, 0.29) is 34.4 Å². The predicted octanol–water partition coefficient (Wildman–Crippen LogP) is 6.25. The lowest BCUT2D eigenvalue weighted by molar-refractivity contribution is -0.171. The fraction of sp³-hybridized carbons (Fsp3) is 0.393. The highest BCUT2D eigenvalue weighted by atomic mass is 79.9. The minimum atomic E-state index is -5.46. The van der Waals surface area contributed by atoms with Crippen LogP contribution < -0.4 is 15.0 Å². The molecule has 0 spiro atoms. The molecule has 0 fully saturated rings. The second-order valence-electron chi connectivity index (χ2n) is 9.81. The van der Waals surface area contributed by atoms with Crippen LogP contribution in [0, 0.1) is 5.82 Å². The molecule has 0 aliphatic carbocycles. The van der Waals surface area contributed by atoms with E-state index in [0.29, 0.717) is 5.56 Å². The van der Waals surface area contributed by atoms with Gasteiger partial charge < -0.3 is 19.5 Å². The van der Waals surface area contributed by atoms with E-state index in [9.17, 15) is 27.6 Å². The Bertz CT molecular complexity index is 1250. The fourth-order valence-electron chi connectivity index (χ4n) is 3.62. The van der Waals surface area contributed by atoms with Crippen LogP contribution in [0.3, 0.4) is 0 Å². The fourth-order valence-corrected chi connectivity index (χ4v) is 4.17. The molecule has 0 radical (unpaired) electrons. The Kier molecular flexibility index (Phi) is 11.7. The molecule has 1 N–H and O–H groups in total. The number of amides is 2. The van der Waals surface area contributed by atoms with Crippen molar-refractivity contribution in [1.82, 2.24) is 5.32 Å². The van der Waals surface area contributed by atoms with E-state index in [0.717, 1.165) is 7.11 Å². The van der Waals surface area contributed by atoms with Crippen molar-refractivity contribution in [3.8, 4) is 5.75 Å². The summed E-state index contributed by atoms with van der Waals surface area (Å²) in [5.41, 5.74) is -1.33. The summed E-state index contributed by atoms with van der Waals surface area (Å²) in [6.45, 7) is 7.14. The summed E-state index contributed by atoms with van der Waals surface area (Å²) in [7, 11) is 0.914. The summed E-state index contributed by atoms with van der Waals surface area (Å²) >= 11 is 3.24. The molecule has 0 saturated carbocycles. The van der Waals surface area contributed by atoms with Gasteiger partial charge in [0, 0.05) is 16.1 Å². The van der Waals surface area contributed by atoms with E-state index < -0.39 is 59.6 Å². The first kappa shape index (κ1) is 33.6. The Balaban J connectivity index is 2.65. The van der Waals surface area contributed by atoms with Gasteiger partial charge in [-0.2, -0.15) is 13.2 Å². The smallest absolute Gasteiger partial charge is 0.471 e. The monoisotopic (exact) mass is 646 g/mol. The molecule has 2 rings (SSSR count). The van der Waals surface area contributed by atoms with E-state index in [1.807, 2.05) is 0 Å². The molecule has 1 atom stereocenters. The number of nitrogens with zero attached hydrogens (tertiary/aromatic N) is 1. The van der Waals surface area contributed by atoms with Crippen molar-refractivity contribution in [1.29, 1.82) is 0 Å². The maximum Gasteiger partial charge on any atom is 0.471 e. The molecule has 2 amide bonds. The molecule has 0 bridgehead atoms. The van der Waals surface area contributed by atoms with Gasteiger partial charge in [0.15, 0.2) is 5.82 Å². The van der Waals surface area contributed by atoms with Gasteiger partial charge in [-0.15, -0.1) is 6.58 Å². The SMILES string of the molecule is C=CC[C@H](Cc1c(Br)cc(OCc2ccccc2)c(N(CC(=O)OC)C(=O)C(F)(F)F)c1F)NC(=O)OC(C)(C)C. The van der Waals surface area contributed by atoms with E-state index in [1.54, 1.807) is 51.1 Å². The van der Waals surface area contributed by atoms with Crippen molar-refractivity contribution >= 4 is 39.6 Å². The summed E-state index contributed by atoms with van der Waals surface area (Å²) in [4.78, 5) is 36.8. The average Bonchev–Trinajstić information content (AvgIpc) is 2.87. The molecule has 0 unspecified atom stereocenters. The molecule has 13 heteroatoms. The number of carbonyl (C=O) groups is 3. The molecular weight excluding hydrogens is 616 g/mol. The molecule has 224 valence electrons. The van der Waals surface area contributed by atoms with Gasteiger partial charge in [0.05, 0.1) is 7.11 Å². The first-order valence-corrected chi connectivity index (χ1v) is 13.1. The van der Waals surface area contributed by atoms with Crippen molar-refractivity contribution in [3.63, 3.8) is 0 Å². The van der Waals surface area contributed by atoms with Crippen LogP contribution in [0.25, 0.3) is 0 Å². The second kappa shape index (κ2) is 14.3. The van der Waals surface area contributed by atoms with Crippen LogP contribution in [0.2, 0.25) is 0 Å². The lowest BCUT2D eigenvalue weighted by Crippen LogP contribution is -2.45. The number of halogens is 5. The number of esters is 1. The number of methoxy groups -OCH3 is 1. The van der Waals surface area contributed by atoms with Gasteiger partial charge in [-0.05, 0) is 45.2 Å². The van der Waals surface area contributed by atoms with E-state index >= 15 is 4.39 Å². The van der Waals surface area contributed by atoms with Crippen LogP contribution in [0.4, 0.5) is 28.0 Å². The summed E-state index contributed by atoms with van der Waals surface area (Å²) in [6.07, 6.45) is -4.92. The van der Waals surface area contributed by atoms with Gasteiger partial charge in [0.2, 0.25) is 0 Å². The highest BCUT2D eigenvalue weighted by molar-refractivity contribution is 9.10. The van der Waals surface area contributed by atoms with Gasteiger partial charge in [-0.25, -0.2) is 9.18 Å². The number of rotatable bonds is 11. The minimum absolute atomic E-state index is 0.0682. The molecule has 0 aliphatic rings. The van der Waals surface area contributed by atoms with Crippen LogP contribution >= 0.6 is 15.9 Å². The Morgan fingerprint density at radius 1 is 1.15 bits per heavy atom. The van der Waals surface area contributed by atoms with Gasteiger partial charge in [-0.3, -0.25) is 14.5 Å². The minimum Gasteiger partial charge on any atom is -0.487 e. The van der Waals surface area contributed by atoms with Crippen LogP contribution in [0.1, 0.15) is 38.3 Å². The van der Waals surface area contributed by atoms with Crippen LogP contribution in [0.5, 0.6) is 5.75 Å². The number of hydrogen-bond donors (Lipinski definition) is 1. The number of benzene rings is 2. The molecule has 2 aromatic carbocycles. The second-order valence-corrected chi connectivity index (χ2v) is 10.7. The Morgan fingerprint density at radius 2 is 1.78 bits per heavy atom.